The first-order chi connectivity index (χ1) is 12.7. The van der Waals surface area contributed by atoms with Crippen LogP contribution in [0.25, 0.3) is 0 Å². The maximum absolute atomic E-state index is 12.6. The van der Waals surface area contributed by atoms with Gasteiger partial charge in [-0.05, 0) is 37.3 Å². The van der Waals surface area contributed by atoms with Gasteiger partial charge in [-0.2, -0.15) is 0 Å². The lowest BCUT2D eigenvalue weighted by Crippen LogP contribution is -2.37. The SMILES string of the molecule is NC[C@@H]1CN(C(=O)CSCC(=O)N2CCCCC2)C[C@H]1c1ccccc1. The Morgan fingerprint density at radius 2 is 1.62 bits per heavy atom. The maximum atomic E-state index is 12.6. The molecule has 2 heterocycles. The highest BCUT2D eigenvalue weighted by molar-refractivity contribution is 8.00. The number of carbonyl (C=O) groups excluding carboxylic acids is 2. The van der Waals surface area contributed by atoms with Gasteiger partial charge in [0.2, 0.25) is 11.8 Å². The van der Waals surface area contributed by atoms with Crippen molar-refractivity contribution in [3.63, 3.8) is 0 Å². The molecule has 0 radical (unpaired) electrons. The van der Waals surface area contributed by atoms with E-state index < -0.39 is 0 Å². The molecule has 2 N–H and O–H groups in total. The van der Waals surface area contributed by atoms with Gasteiger partial charge < -0.3 is 15.5 Å². The van der Waals surface area contributed by atoms with Crippen molar-refractivity contribution in [2.45, 2.75) is 25.2 Å². The Bertz CT molecular complexity index is 604. The highest BCUT2D eigenvalue weighted by Crippen LogP contribution is 2.32. The van der Waals surface area contributed by atoms with Crippen LogP contribution in [-0.4, -0.2) is 65.8 Å². The van der Waals surface area contributed by atoms with Gasteiger partial charge in [-0.3, -0.25) is 9.59 Å². The topological polar surface area (TPSA) is 66.6 Å². The Morgan fingerprint density at radius 1 is 0.962 bits per heavy atom. The number of hydrogen-bond donors (Lipinski definition) is 1. The number of nitrogens with zero attached hydrogens (tertiary/aromatic N) is 2. The molecule has 2 amide bonds. The molecule has 2 saturated heterocycles. The number of piperidine rings is 1. The average molecular weight is 376 g/mol. The molecule has 0 spiro atoms. The summed E-state index contributed by atoms with van der Waals surface area (Å²) in [6.07, 6.45) is 3.42. The monoisotopic (exact) mass is 375 g/mol. The van der Waals surface area contributed by atoms with E-state index in [0.717, 1.165) is 39.0 Å². The van der Waals surface area contributed by atoms with Crippen LogP contribution in [0.15, 0.2) is 30.3 Å². The zero-order chi connectivity index (χ0) is 18.4. The molecule has 142 valence electrons. The number of benzene rings is 1. The first-order valence-electron chi connectivity index (χ1n) is 9.57. The average Bonchev–Trinajstić information content (AvgIpc) is 3.14. The lowest BCUT2D eigenvalue weighted by atomic mass is 9.89. The molecule has 3 rings (SSSR count). The summed E-state index contributed by atoms with van der Waals surface area (Å²) < 4.78 is 0. The molecule has 0 bridgehead atoms. The summed E-state index contributed by atoms with van der Waals surface area (Å²) in [5, 5.41) is 0. The molecule has 0 aliphatic carbocycles. The van der Waals surface area contributed by atoms with Crippen molar-refractivity contribution < 1.29 is 9.59 Å². The van der Waals surface area contributed by atoms with Gasteiger partial charge in [0.15, 0.2) is 0 Å². The standard InChI is InChI=1S/C20H29N3O2S/c21-11-17-12-23(13-18(17)16-7-3-1-4-8-16)20(25)15-26-14-19(24)22-9-5-2-6-10-22/h1,3-4,7-8,17-18H,2,5-6,9-15,21H2/t17-,18+/m1/s1. The minimum atomic E-state index is 0.123. The van der Waals surface area contributed by atoms with Crippen molar-refractivity contribution >= 4 is 23.6 Å². The largest absolute Gasteiger partial charge is 0.342 e. The number of hydrogen-bond acceptors (Lipinski definition) is 4. The van der Waals surface area contributed by atoms with Crippen molar-refractivity contribution in [3.8, 4) is 0 Å². The zero-order valence-corrected chi connectivity index (χ0v) is 16.1. The quantitative estimate of drug-likeness (QED) is 0.825. The minimum Gasteiger partial charge on any atom is -0.342 e. The first-order valence-corrected chi connectivity index (χ1v) is 10.7. The fourth-order valence-electron chi connectivity index (χ4n) is 3.94. The lowest BCUT2D eigenvalue weighted by molar-refractivity contribution is -0.129. The summed E-state index contributed by atoms with van der Waals surface area (Å²) >= 11 is 1.44. The molecule has 6 heteroatoms. The van der Waals surface area contributed by atoms with Crippen molar-refractivity contribution in [2.24, 2.45) is 11.7 Å². The Labute approximate surface area is 160 Å². The Kier molecular flexibility index (Phi) is 6.97. The molecule has 0 aromatic heterocycles. The van der Waals surface area contributed by atoms with E-state index in [1.807, 2.05) is 28.0 Å². The molecule has 0 saturated carbocycles. The van der Waals surface area contributed by atoms with E-state index >= 15 is 0 Å². The molecule has 1 aromatic rings. The van der Waals surface area contributed by atoms with Gasteiger partial charge >= 0.3 is 0 Å². The predicted molar refractivity (Wildman–Crippen MR) is 106 cm³/mol. The molecule has 2 fully saturated rings. The van der Waals surface area contributed by atoms with E-state index in [1.165, 1.54) is 23.7 Å². The molecule has 2 aliphatic rings. The van der Waals surface area contributed by atoms with E-state index in [0.29, 0.717) is 29.9 Å². The number of likely N-dealkylation sites (tertiary alicyclic amines) is 2. The Balaban J connectivity index is 1.46. The second-order valence-corrected chi connectivity index (χ2v) is 8.23. The van der Waals surface area contributed by atoms with Crippen LogP contribution >= 0.6 is 11.8 Å². The van der Waals surface area contributed by atoms with Crippen LogP contribution in [-0.2, 0) is 9.59 Å². The molecule has 2 atom stereocenters. The third-order valence-corrected chi connectivity index (χ3v) is 6.39. The van der Waals surface area contributed by atoms with Gasteiger partial charge in [-0.1, -0.05) is 30.3 Å². The summed E-state index contributed by atoms with van der Waals surface area (Å²) in [6, 6.07) is 10.3. The number of nitrogens with two attached hydrogens (primary N) is 1. The third kappa shape index (κ3) is 4.80. The fraction of sp³-hybridized carbons (Fsp3) is 0.600. The molecule has 0 unspecified atom stereocenters. The van der Waals surface area contributed by atoms with Gasteiger partial charge in [0.05, 0.1) is 11.5 Å². The van der Waals surface area contributed by atoms with E-state index in [9.17, 15) is 9.59 Å². The van der Waals surface area contributed by atoms with Crippen molar-refractivity contribution in [3.05, 3.63) is 35.9 Å². The van der Waals surface area contributed by atoms with Crippen LogP contribution in [0.3, 0.4) is 0 Å². The van der Waals surface area contributed by atoms with Crippen LogP contribution in [0.1, 0.15) is 30.7 Å². The number of thioether (sulfide) groups is 1. The molecule has 26 heavy (non-hydrogen) atoms. The van der Waals surface area contributed by atoms with Crippen LogP contribution in [0, 0.1) is 5.92 Å². The predicted octanol–water partition coefficient (Wildman–Crippen LogP) is 1.93. The van der Waals surface area contributed by atoms with Gasteiger partial charge in [-0.15, -0.1) is 11.8 Å². The van der Waals surface area contributed by atoms with Crippen LogP contribution in [0.2, 0.25) is 0 Å². The second-order valence-electron chi connectivity index (χ2n) is 7.25. The molecular formula is C20H29N3O2S. The lowest BCUT2D eigenvalue weighted by Gasteiger charge is -2.26. The summed E-state index contributed by atoms with van der Waals surface area (Å²) in [6.45, 7) is 3.78. The minimum absolute atomic E-state index is 0.123. The normalized spacial score (nSPS) is 23.3. The molecule has 1 aromatic carbocycles. The Hall–Kier alpha value is -1.53. The molecule has 2 aliphatic heterocycles. The van der Waals surface area contributed by atoms with Crippen molar-refractivity contribution in [1.82, 2.24) is 9.80 Å². The second kappa shape index (κ2) is 9.42. The highest BCUT2D eigenvalue weighted by atomic mass is 32.2. The smallest absolute Gasteiger partial charge is 0.232 e. The van der Waals surface area contributed by atoms with Crippen LogP contribution < -0.4 is 5.73 Å². The van der Waals surface area contributed by atoms with Gasteiger partial charge in [0, 0.05) is 32.1 Å². The van der Waals surface area contributed by atoms with E-state index in [2.05, 4.69) is 12.1 Å². The van der Waals surface area contributed by atoms with E-state index in [4.69, 9.17) is 5.73 Å². The number of amides is 2. The van der Waals surface area contributed by atoms with Gasteiger partial charge in [0.1, 0.15) is 0 Å². The fourth-order valence-corrected chi connectivity index (χ4v) is 4.76. The van der Waals surface area contributed by atoms with Gasteiger partial charge in [-0.25, -0.2) is 0 Å². The van der Waals surface area contributed by atoms with Crippen LogP contribution in [0.4, 0.5) is 0 Å². The summed E-state index contributed by atoms with van der Waals surface area (Å²) in [5.74, 6) is 1.69. The summed E-state index contributed by atoms with van der Waals surface area (Å²) in [4.78, 5) is 28.6. The van der Waals surface area contributed by atoms with Crippen molar-refractivity contribution in [1.29, 1.82) is 0 Å². The van der Waals surface area contributed by atoms with E-state index in [1.54, 1.807) is 0 Å². The molecule has 5 nitrogen and oxygen atoms in total. The maximum Gasteiger partial charge on any atom is 0.232 e. The molecular weight excluding hydrogens is 346 g/mol. The number of carbonyl (C=O) groups is 2. The highest BCUT2D eigenvalue weighted by Gasteiger charge is 2.35. The first kappa shape index (κ1) is 19.2. The Morgan fingerprint density at radius 3 is 2.27 bits per heavy atom. The van der Waals surface area contributed by atoms with Crippen LogP contribution in [0.5, 0.6) is 0 Å². The van der Waals surface area contributed by atoms with E-state index in [-0.39, 0.29) is 11.8 Å². The summed E-state index contributed by atoms with van der Waals surface area (Å²) in [7, 11) is 0. The third-order valence-electron chi connectivity index (χ3n) is 5.48. The number of rotatable bonds is 6. The van der Waals surface area contributed by atoms with Gasteiger partial charge in [0.25, 0.3) is 0 Å². The van der Waals surface area contributed by atoms with Crippen molar-refractivity contribution in [2.75, 3.05) is 44.2 Å². The zero-order valence-electron chi connectivity index (χ0n) is 15.3. The summed E-state index contributed by atoms with van der Waals surface area (Å²) in [5.41, 5.74) is 7.21.